The van der Waals surface area contributed by atoms with Crippen molar-refractivity contribution in [2.24, 2.45) is 0 Å². The Hall–Kier alpha value is -0.470. The predicted molar refractivity (Wildman–Crippen MR) is 80.2 cm³/mol. The zero-order chi connectivity index (χ0) is 14.5. The van der Waals surface area contributed by atoms with E-state index in [1.807, 2.05) is 32.8 Å². The van der Waals surface area contributed by atoms with Crippen LogP contribution in [0, 0.1) is 6.92 Å². The highest BCUT2D eigenvalue weighted by Gasteiger charge is 2.18. The summed E-state index contributed by atoms with van der Waals surface area (Å²) in [4.78, 5) is 3.02. The van der Waals surface area contributed by atoms with Gasteiger partial charge in [0.05, 0.1) is 0 Å². The summed E-state index contributed by atoms with van der Waals surface area (Å²) in [5.41, 5.74) is 1.03. The minimum Gasteiger partial charge on any atom is -0.312 e. The zero-order valence-electron chi connectivity index (χ0n) is 12.0. The van der Waals surface area contributed by atoms with E-state index in [4.69, 9.17) is 0 Å². The third-order valence-corrected chi connectivity index (χ3v) is 5.82. The largest absolute Gasteiger partial charge is 0.312 e. The van der Waals surface area contributed by atoms with Gasteiger partial charge in [-0.3, -0.25) is 0 Å². The molecule has 1 aromatic heterocycles. The second-order valence-corrected chi connectivity index (χ2v) is 7.78. The number of aryl methyl sites for hydroxylation is 1. The molecular weight excluding hydrogens is 282 g/mol. The Balaban J connectivity index is 2.72. The molecule has 0 saturated heterocycles. The second kappa shape index (κ2) is 7.35. The van der Waals surface area contributed by atoms with Crippen molar-refractivity contribution >= 4 is 21.4 Å². The molecule has 0 aliphatic carbocycles. The number of hydrogen-bond acceptors (Lipinski definition) is 5. The SMILES string of the molecule is CCNCc1sc(S(=O)(=O)NCCN(C)C)cc1C. The van der Waals surface area contributed by atoms with Gasteiger partial charge in [-0.05, 0) is 39.2 Å². The van der Waals surface area contributed by atoms with Crippen LogP contribution in [-0.4, -0.2) is 47.0 Å². The molecule has 0 amide bonds. The van der Waals surface area contributed by atoms with Crippen LogP contribution in [-0.2, 0) is 16.6 Å². The molecule has 0 spiro atoms. The Morgan fingerprint density at radius 3 is 2.63 bits per heavy atom. The molecule has 0 atom stereocenters. The van der Waals surface area contributed by atoms with Gasteiger partial charge >= 0.3 is 0 Å². The first-order chi connectivity index (χ1) is 8.86. The number of hydrogen-bond donors (Lipinski definition) is 2. The standard InChI is InChI=1S/C12H23N3O2S2/c1-5-13-9-11-10(2)8-12(18-11)19(16,17)14-6-7-15(3)4/h8,13-14H,5-7,9H2,1-4H3. The molecule has 0 unspecified atom stereocenters. The van der Waals surface area contributed by atoms with E-state index in [0.717, 1.165) is 23.5 Å². The first-order valence-electron chi connectivity index (χ1n) is 6.31. The Bertz CT molecular complexity index is 495. The number of nitrogens with zero attached hydrogens (tertiary/aromatic N) is 1. The van der Waals surface area contributed by atoms with E-state index in [1.54, 1.807) is 6.07 Å². The minimum atomic E-state index is -3.37. The molecule has 0 radical (unpaired) electrons. The van der Waals surface area contributed by atoms with Gasteiger partial charge in [-0.1, -0.05) is 6.92 Å². The molecule has 0 aliphatic rings. The van der Waals surface area contributed by atoms with Crippen LogP contribution in [0.1, 0.15) is 17.4 Å². The van der Waals surface area contributed by atoms with Crippen LogP contribution in [0.3, 0.4) is 0 Å². The molecule has 1 heterocycles. The lowest BCUT2D eigenvalue weighted by Crippen LogP contribution is -2.30. The fourth-order valence-electron chi connectivity index (χ4n) is 1.51. The molecule has 2 N–H and O–H groups in total. The van der Waals surface area contributed by atoms with Crippen LogP contribution in [0.15, 0.2) is 10.3 Å². The monoisotopic (exact) mass is 305 g/mol. The van der Waals surface area contributed by atoms with Crippen molar-refractivity contribution in [3.05, 3.63) is 16.5 Å². The summed E-state index contributed by atoms with van der Waals surface area (Å²) in [6, 6.07) is 1.75. The van der Waals surface area contributed by atoms with Gasteiger partial charge in [0.25, 0.3) is 0 Å². The van der Waals surface area contributed by atoms with Crippen molar-refractivity contribution in [3.63, 3.8) is 0 Å². The molecule has 0 aromatic carbocycles. The van der Waals surface area contributed by atoms with Gasteiger partial charge in [-0.2, -0.15) is 0 Å². The van der Waals surface area contributed by atoms with Gasteiger partial charge in [0.1, 0.15) is 4.21 Å². The smallest absolute Gasteiger partial charge is 0.250 e. The fraction of sp³-hybridized carbons (Fsp3) is 0.667. The maximum Gasteiger partial charge on any atom is 0.250 e. The van der Waals surface area contributed by atoms with Crippen molar-refractivity contribution in [1.29, 1.82) is 0 Å². The first kappa shape index (κ1) is 16.6. The third-order valence-electron chi connectivity index (χ3n) is 2.65. The van der Waals surface area contributed by atoms with Gasteiger partial charge in [-0.25, -0.2) is 13.1 Å². The van der Waals surface area contributed by atoms with Crippen molar-refractivity contribution in [3.8, 4) is 0 Å². The topological polar surface area (TPSA) is 61.4 Å². The Kier molecular flexibility index (Phi) is 6.41. The summed E-state index contributed by atoms with van der Waals surface area (Å²) in [5.74, 6) is 0. The highest BCUT2D eigenvalue weighted by Crippen LogP contribution is 2.25. The summed E-state index contributed by atoms with van der Waals surface area (Å²) in [5, 5.41) is 3.22. The molecule has 0 saturated carbocycles. The van der Waals surface area contributed by atoms with Gasteiger partial charge in [0.15, 0.2) is 0 Å². The first-order valence-corrected chi connectivity index (χ1v) is 8.61. The van der Waals surface area contributed by atoms with E-state index >= 15 is 0 Å². The fourth-order valence-corrected chi connectivity index (χ4v) is 4.13. The van der Waals surface area contributed by atoms with Gasteiger partial charge in [0.2, 0.25) is 10.0 Å². The quantitative estimate of drug-likeness (QED) is 0.752. The number of rotatable bonds is 8. The molecule has 5 nitrogen and oxygen atoms in total. The molecule has 0 fully saturated rings. The molecule has 0 bridgehead atoms. The van der Waals surface area contributed by atoms with Gasteiger partial charge < -0.3 is 10.2 Å². The number of sulfonamides is 1. The highest BCUT2D eigenvalue weighted by atomic mass is 32.2. The summed E-state index contributed by atoms with van der Waals surface area (Å²) in [6.07, 6.45) is 0. The molecule has 1 aromatic rings. The average molecular weight is 305 g/mol. The van der Waals surface area contributed by atoms with E-state index in [2.05, 4.69) is 10.0 Å². The molecule has 0 aliphatic heterocycles. The van der Waals surface area contributed by atoms with Crippen LogP contribution in [0.25, 0.3) is 0 Å². The molecule has 7 heteroatoms. The summed E-state index contributed by atoms with van der Waals surface area (Å²) < 4.78 is 27.3. The summed E-state index contributed by atoms with van der Waals surface area (Å²) in [6.45, 7) is 6.69. The van der Waals surface area contributed by atoms with Gasteiger partial charge in [0, 0.05) is 24.5 Å². The van der Waals surface area contributed by atoms with E-state index in [-0.39, 0.29) is 0 Å². The van der Waals surface area contributed by atoms with Crippen molar-refractivity contribution in [2.45, 2.75) is 24.6 Å². The van der Waals surface area contributed by atoms with E-state index in [0.29, 0.717) is 17.3 Å². The van der Waals surface area contributed by atoms with E-state index < -0.39 is 10.0 Å². The van der Waals surface area contributed by atoms with Crippen LogP contribution in [0.5, 0.6) is 0 Å². The molecule has 110 valence electrons. The van der Waals surface area contributed by atoms with Crippen molar-refractivity contribution in [1.82, 2.24) is 14.9 Å². The van der Waals surface area contributed by atoms with Crippen LogP contribution >= 0.6 is 11.3 Å². The second-order valence-electron chi connectivity index (χ2n) is 4.65. The molecule has 19 heavy (non-hydrogen) atoms. The normalized spacial score (nSPS) is 12.3. The summed E-state index contributed by atoms with van der Waals surface area (Å²) >= 11 is 1.34. The lowest BCUT2D eigenvalue weighted by Gasteiger charge is -2.09. The molecule has 1 rings (SSSR count). The van der Waals surface area contributed by atoms with E-state index in [1.165, 1.54) is 11.3 Å². The van der Waals surface area contributed by atoms with Crippen LogP contribution < -0.4 is 10.0 Å². The number of thiophene rings is 1. The van der Waals surface area contributed by atoms with Crippen molar-refractivity contribution < 1.29 is 8.42 Å². The average Bonchev–Trinajstić information content (AvgIpc) is 2.68. The Labute approximate surface area is 120 Å². The zero-order valence-corrected chi connectivity index (χ0v) is 13.6. The minimum absolute atomic E-state index is 0.400. The summed E-state index contributed by atoms with van der Waals surface area (Å²) in [7, 11) is 0.461. The Morgan fingerprint density at radius 2 is 2.05 bits per heavy atom. The van der Waals surface area contributed by atoms with Crippen molar-refractivity contribution in [2.75, 3.05) is 33.7 Å². The van der Waals surface area contributed by atoms with E-state index in [9.17, 15) is 8.42 Å². The molecular formula is C12H23N3O2S2. The maximum absolute atomic E-state index is 12.1. The Morgan fingerprint density at radius 1 is 1.37 bits per heavy atom. The maximum atomic E-state index is 12.1. The number of likely N-dealkylation sites (N-methyl/N-ethyl adjacent to an activating group) is 1. The highest BCUT2D eigenvalue weighted by molar-refractivity contribution is 7.91. The lowest BCUT2D eigenvalue weighted by molar-refractivity contribution is 0.412. The third kappa shape index (κ3) is 5.19. The number of nitrogens with one attached hydrogen (secondary N) is 2. The van der Waals surface area contributed by atoms with Gasteiger partial charge in [-0.15, -0.1) is 11.3 Å². The van der Waals surface area contributed by atoms with Crippen LogP contribution in [0.2, 0.25) is 0 Å². The van der Waals surface area contributed by atoms with Crippen LogP contribution in [0.4, 0.5) is 0 Å². The lowest BCUT2D eigenvalue weighted by atomic mass is 10.3. The predicted octanol–water partition coefficient (Wildman–Crippen LogP) is 1.01.